The number of nitrogens with zero attached hydrogens (tertiary/aromatic N) is 1. The second-order valence-electron chi connectivity index (χ2n) is 8.38. The molecule has 1 aliphatic heterocycles. The number of thioether (sulfide) groups is 1. The second kappa shape index (κ2) is 11.2. The molecule has 4 aromatic rings. The molecule has 1 heterocycles. The van der Waals surface area contributed by atoms with Gasteiger partial charge >= 0.3 is 5.97 Å². The number of hydrogen-bond acceptors (Lipinski definition) is 6. The Hall–Kier alpha value is -3.34. The summed E-state index contributed by atoms with van der Waals surface area (Å²) in [5.41, 5.74) is 1.80. The molecule has 1 saturated heterocycles. The minimum Gasteiger partial charge on any atom is -0.493 e. The molecule has 1 aliphatic rings. The number of halogens is 2. The molecule has 9 heteroatoms. The standard InChI is InChI=1S/C29H19ClINO5S/c1-36-24-13-18(12-23(31)26(24)37-28(34)21-7-4-8-22(30)15-21)14-25-27(33)32(29(35)38-25)16-17-9-10-19-5-2-3-6-20(19)11-17/h2-15H,16H2,1H3/b25-14-. The molecule has 38 heavy (non-hydrogen) atoms. The van der Waals surface area contributed by atoms with E-state index in [1.165, 1.54) is 18.1 Å². The van der Waals surface area contributed by atoms with Crippen LogP contribution in [-0.4, -0.2) is 29.1 Å². The summed E-state index contributed by atoms with van der Waals surface area (Å²) >= 11 is 8.91. The summed E-state index contributed by atoms with van der Waals surface area (Å²) in [6.45, 7) is 0.187. The molecule has 5 rings (SSSR count). The lowest BCUT2D eigenvalue weighted by atomic mass is 10.1. The maximum absolute atomic E-state index is 13.1. The van der Waals surface area contributed by atoms with Crippen molar-refractivity contribution in [1.82, 2.24) is 4.90 Å². The van der Waals surface area contributed by atoms with E-state index in [1.54, 1.807) is 36.4 Å². The molecule has 190 valence electrons. The van der Waals surface area contributed by atoms with Crippen LogP contribution in [0.2, 0.25) is 5.02 Å². The SMILES string of the molecule is COc1cc(/C=C2\SC(=O)N(Cc3ccc4ccccc4c3)C2=O)cc(I)c1OC(=O)c1cccc(Cl)c1. The molecule has 2 amide bonds. The highest BCUT2D eigenvalue weighted by Crippen LogP contribution is 2.38. The number of rotatable bonds is 6. The third-order valence-electron chi connectivity index (χ3n) is 5.83. The molecular formula is C29H19ClINO5S. The summed E-state index contributed by atoms with van der Waals surface area (Å²) in [4.78, 5) is 40.0. The van der Waals surface area contributed by atoms with E-state index in [-0.39, 0.29) is 23.4 Å². The zero-order valence-electron chi connectivity index (χ0n) is 19.9. The normalized spacial score (nSPS) is 14.4. The molecule has 0 N–H and O–H groups in total. The maximum atomic E-state index is 13.1. The number of benzene rings is 4. The van der Waals surface area contributed by atoms with Crippen LogP contribution in [0.3, 0.4) is 0 Å². The van der Waals surface area contributed by atoms with Crippen LogP contribution in [0, 0.1) is 3.57 Å². The molecule has 6 nitrogen and oxygen atoms in total. The number of esters is 1. The van der Waals surface area contributed by atoms with E-state index in [1.807, 2.05) is 65.1 Å². The number of amides is 2. The summed E-state index contributed by atoms with van der Waals surface area (Å²) in [6.07, 6.45) is 1.64. The fraction of sp³-hybridized carbons (Fsp3) is 0.0690. The van der Waals surface area contributed by atoms with Crippen molar-refractivity contribution in [2.75, 3.05) is 7.11 Å². The maximum Gasteiger partial charge on any atom is 0.343 e. The number of hydrogen-bond donors (Lipinski definition) is 0. The van der Waals surface area contributed by atoms with Gasteiger partial charge in [-0.15, -0.1) is 0 Å². The first-order chi connectivity index (χ1) is 18.3. The van der Waals surface area contributed by atoms with Crippen molar-refractivity contribution in [2.24, 2.45) is 0 Å². The summed E-state index contributed by atoms with van der Waals surface area (Å²) in [5.74, 6) is -0.376. The molecule has 0 atom stereocenters. The quantitative estimate of drug-likeness (QED) is 0.0924. The van der Waals surface area contributed by atoms with E-state index < -0.39 is 5.97 Å². The second-order valence-corrected chi connectivity index (χ2v) is 11.0. The fourth-order valence-electron chi connectivity index (χ4n) is 4.00. The summed E-state index contributed by atoms with van der Waals surface area (Å²) in [5, 5.41) is 2.23. The highest BCUT2D eigenvalue weighted by Gasteiger charge is 2.35. The Kier molecular flexibility index (Phi) is 7.73. The molecule has 0 aromatic heterocycles. The van der Waals surface area contributed by atoms with Crippen molar-refractivity contribution in [1.29, 1.82) is 0 Å². The van der Waals surface area contributed by atoms with Gasteiger partial charge in [-0.25, -0.2) is 4.79 Å². The Balaban J connectivity index is 1.37. The van der Waals surface area contributed by atoms with Crippen molar-refractivity contribution in [3.63, 3.8) is 0 Å². The lowest BCUT2D eigenvalue weighted by Crippen LogP contribution is -2.27. The van der Waals surface area contributed by atoms with Crippen LogP contribution in [0.1, 0.15) is 21.5 Å². The Morgan fingerprint density at radius 2 is 1.79 bits per heavy atom. The average Bonchev–Trinajstić information content (AvgIpc) is 3.17. The van der Waals surface area contributed by atoms with Gasteiger partial charge in [0.1, 0.15) is 0 Å². The van der Waals surface area contributed by atoms with Crippen LogP contribution in [0.15, 0.2) is 83.8 Å². The molecule has 0 bridgehead atoms. The molecule has 1 fully saturated rings. The van der Waals surface area contributed by atoms with Crippen LogP contribution in [-0.2, 0) is 11.3 Å². The number of fused-ring (bicyclic) bond motifs is 1. The predicted octanol–water partition coefficient (Wildman–Crippen LogP) is 7.56. The van der Waals surface area contributed by atoms with E-state index in [0.29, 0.717) is 30.4 Å². The smallest absolute Gasteiger partial charge is 0.343 e. The number of methoxy groups -OCH3 is 1. The van der Waals surface area contributed by atoms with Gasteiger partial charge < -0.3 is 9.47 Å². The molecule has 0 saturated carbocycles. The van der Waals surface area contributed by atoms with Gasteiger partial charge in [0.2, 0.25) is 0 Å². The summed E-state index contributed by atoms with van der Waals surface area (Å²) in [7, 11) is 1.46. The van der Waals surface area contributed by atoms with E-state index in [4.69, 9.17) is 21.1 Å². The van der Waals surface area contributed by atoms with Gasteiger partial charge in [-0.1, -0.05) is 54.1 Å². The van der Waals surface area contributed by atoms with Crippen LogP contribution in [0.5, 0.6) is 11.5 Å². The monoisotopic (exact) mass is 655 g/mol. The molecule has 0 unspecified atom stereocenters. The van der Waals surface area contributed by atoms with Crippen molar-refractivity contribution in [2.45, 2.75) is 6.54 Å². The fourth-order valence-corrected chi connectivity index (χ4v) is 5.76. The van der Waals surface area contributed by atoms with E-state index in [2.05, 4.69) is 0 Å². The molecule has 0 radical (unpaired) electrons. The Bertz CT molecular complexity index is 1640. The molecule has 0 spiro atoms. The Labute approximate surface area is 241 Å². The van der Waals surface area contributed by atoms with Crippen molar-refractivity contribution in [3.05, 3.63) is 109 Å². The Morgan fingerprint density at radius 1 is 1.00 bits per heavy atom. The van der Waals surface area contributed by atoms with Gasteiger partial charge in [0.25, 0.3) is 11.1 Å². The zero-order chi connectivity index (χ0) is 26.8. The van der Waals surface area contributed by atoms with Gasteiger partial charge in [-0.05, 0) is 98.7 Å². The van der Waals surface area contributed by atoms with Gasteiger partial charge in [0.15, 0.2) is 11.5 Å². The van der Waals surface area contributed by atoms with Gasteiger partial charge in [-0.3, -0.25) is 14.5 Å². The Morgan fingerprint density at radius 3 is 2.55 bits per heavy atom. The minimum absolute atomic E-state index is 0.187. The summed E-state index contributed by atoms with van der Waals surface area (Å²) < 4.78 is 11.7. The summed E-state index contributed by atoms with van der Waals surface area (Å²) in [6, 6.07) is 23.7. The number of carbonyl (C=O) groups is 3. The zero-order valence-corrected chi connectivity index (χ0v) is 23.7. The molecule has 4 aromatic carbocycles. The number of ether oxygens (including phenoxy) is 2. The molecule has 0 aliphatic carbocycles. The first-order valence-corrected chi connectivity index (χ1v) is 13.7. The first kappa shape index (κ1) is 26.3. The van der Waals surface area contributed by atoms with E-state index in [0.717, 1.165) is 28.1 Å². The first-order valence-electron chi connectivity index (χ1n) is 11.4. The van der Waals surface area contributed by atoms with Gasteiger partial charge in [0.05, 0.1) is 27.7 Å². The lowest BCUT2D eigenvalue weighted by molar-refractivity contribution is -0.123. The molecular weight excluding hydrogens is 637 g/mol. The van der Waals surface area contributed by atoms with E-state index in [9.17, 15) is 14.4 Å². The van der Waals surface area contributed by atoms with Gasteiger partial charge in [-0.2, -0.15) is 0 Å². The van der Waals surface area contributed by atoms with Crippen LogP contribution < -0.4 is 9.47 Å². The number of carbonyl (C=O) groups excluding carboxylic acids is 3. The predicted molar refractivity (Wildman–Crippen MR) is 158 cm³/mol. The van der Waals surface area contributed by atoms with Crippen molar-refractivity contribution >= 4 is 79.9 Å². The van der Waals surface area contributed by atoms with Crippen LogP contribution in [0.4, 0.5) is 4.79 Å². The average molecular weight is 656 g/mol. The van der Waals surface area contributed by atoms with Crippen LogP contribution in [0.25, 0.3) is 16.8 Å². The highest BCUT2D eigenvalue weighted by atomic mass is 127. The highest BCUT2D eigenvalue weighted by molar-refractivity contribution is 14.1. The van der Waals surface area contributed by atoms with Crippen molar-refractivity contribution in [3.8, 4) is 11.5 Å². The van der Waals surface area contributed by atoms with E-state index >= 15 is 0 Å². The largest absolute Gasteiger partial charge is 0.493 e. The van der Waals surface area contributed by atoms with Crippen molar-refractivity contribution < 1.29 is 23.9 Å². The number of imide groups is 1. The van der Waals surface area contributed by atoms with Gasteiger partial charge in [0, 0.05) is 5.02 Å². The topological polar surface area (TPSA) is 72.9 Å². The minimum atomic E-state index is -0.578. The lowest BCUT2D eigenvalue weighted by Gasteiger charge is -2.13. The third kappa shape index (κ3) is 5.57. The van der Waals surface area contributed by atoms with Crippen LogP contribution >= 0.6 is 46.0 Å². The third-order valence-corrected chi connectivity index (χ3v) is 7.78.